The number of carbonyl (C=O) groups is 4. The summed E-state index contributed by atoms with van der Waals surface area (Å²) in [5, 5.41) is 23.4. The number of piperazine rings is 1. The van der Waals surface area contributed by atoms with Crippen LogP contribution in [0.25, 0.3) is 0 Å². The van der Waals surface area contributed by atoms with Crippen molar-refractivity contribution in [3.05, 3.63) is 23.3 Å². The third kappa shape index (κ3) is 4.84. The predicted molar refractivity (Wildman–Crippen MR) is 133 cm³/mol. The van der Waals surface area contributed by atoms with Crippen molar-refractivity contribution in [2.24, 2.45) is 11.8 Å². The molecule has 1 aromatic rings. The molecular formula is C23H32N8O5S. The van der Waals surface area contributed by atoms with Gasteiger partial charge in [0, 0.05) is 54.8 Å². The molecule has 0 radical (unpaired) electrons. The van der Waals surface area contributed by atoms with Gasteiger partial charge in [-0.3, -0.25) is 14.4 Å². The summed E-state index contributed by atoms with van der Waals surface area (Å²) in [4.78, 5) is 58.4. The molecule has 4 N–H and O–H groups in total. The van der Waals surface area contributed by atoms with Crippen molar-refractivity contribution in [3.63, 3.8) is 0 Å². The molecule has 3 fully saturated rings. The van der Waals surface area contributed by atoms with Crippen LogP contribution in [-0.4, -0.2) is 109 Å². The lowest BCUT2D eigenvalue weighted by Gasteiger charge is -2.47. The Morgan fingerprint density at radius 2 is 2.05 bits per heavy atom. The van der Waals surface area contributed by atoms with E-state index < -0.39 is 17.9 Å². The first kappa shape index (κ1) is 25.7. The molecule has 0 bridgehead atoms. The van der Waals surface area contributed by atoms with Crippen molar-refractivity contribution in [1.29, 1.82) is 0 Å². The van der Waals surface area contributed by atoms with E-state index in [9.17, 15) is 24.3 Å². The Morgan fingerprint density at radius 1 is 1.30 bits per heavy atom. The highest BCUT2D eigenvalue weighted by Gasteiger charge is 2.60. The lowest BCUT2D eigenvalue weighted by molar-refractivity contribution is -0.158. The van der Waals surface area contributed by atoms with Crippen molar-refractivity contribution in [3.8, 4) is 0 Å². The van der Waals surface area contributed by atoms with Crippen molar-refractivity contribution in [2.75, 3.05) is 32.7 Å². The Labute approximate surface area is 218 Å². The van der Waals surface area contributed by atoms with Gasteiger partial charge in [-0.1, -0.05) is 6.92 Å². The first-order valence-electron chi connectivity index (χ1n) is 12.6. The SMILES string of the molecule is C[C@@H](NC(=O)Cn1cncn1)[C@H]1C(=O)N2C(C(=O)O)=C(S[C@@H]3CN[C@H](C(=O)N4CCNCC4)C3)[C@H](C)[C@H]12. The number of β-lactam (4-membered cyclic amide) rings is 1. The van der Waals surface area contributed by atoms with E-state index in [1.54, 1.807) is 6.92 Å². The summed E-state index contributed by atoms with van der Waals surface area (Å²) in [5.41, 5.74) is 0.0294. The molecule has 0 spiro atoms. The van der Waals surface area contributed by atoms with Crippen molar-refractivity contribution >= 4 is 35.5 Å². The summed E-state index contributed by atoms with van der Waals surface area (Å²) in [5.74, 6) is -2.36. The summed E-state index contributed by atoms with van der Waals surface area (Å²) in [6.07, 6.45) is 3.38. The molecule has 1 aromatic heterocycles. The van der Waals surface area contributed by atoms with E-state index in [1.807, 2.05) is 11.8 Å². The highest BCUT2D eigenvalue weighted by atomic mass is 32.2. The number of aliphatic carboxylic acids is 1. The Bertz CT molecular complexity index is 1100. The topological polar surface area (TPSA) is 162 Å². The van der Waals surface area contributed by atoms with Crippen LogP contribution in [0.3, 0.4) is 0 Å². The second-order valence-corrected chi connectivity index (χ2v) is 11.3. The summed E-state index contributed by atoms with van der Waals surface area (Å²) < 4.78 is 1.39. The molecule has 14 heteroatoms. The summed E-state index contributed by atoms with van der Waals surface area (Å²) in [6.45, 7) is 7.23. The molecular weight excluding hydrogens is 500 g/mol. The fourth-order valence-electron chi connectivity index (χ4n) is 5.81. The van der Waals surface area contributed by atoms with Gasteiger partial charge in [-0.15, -0.1) is 11.8 Å². The van der Waals surface area contributed by atoms with Gasteiger partial charge in [-0.05, 0) is 13.3 Å². The van der Waals surface area contributed by atoms with Crippen LogP contribution in [0.1, 0.15) is 20.3 Å². The van der Waals surface area contributed by atoms with Crippen LogP contribution in [0.2, 0.25) is 0 Å². The van der Waals surface area contributed by atoms with Crippen LogP contribution in [0.4, 0.5) is 0 Å². The smallest absolute Gasteiger partial charge is 0.353 e. The van der Waals surface area contributed by atoms with Crippen LogP contribution in [0, 0.1) is 11.8 Å². The van der Waals surface area contributed by atoms with Crippen LogP contribution in [0.5, 0.6) is 0 Å². The average molecular weight is 533 g/mol. The standard InChI is InChI=1S/C23H32N8O5S/c1-12-18-17(13(2)28-16(32)9-30-11-25-10-27-30)22(34)31(18)19(23(35)36)20(12)37-14-7-15(26-8-14)21(33)29-5-3-24-4-6-29/h10-15,17-18,24,26H,3-9H2,1-2H3,(H,28,32)(H,35,36)/t12-,13-,14+,15+,17-,18-/m1/s1. The maximum Gasteiger partial charge on any atom is 0.353 e. The third-order valence-corrected chi connectivity index (χ3v) is 9.11. The maximum atomic E-state index is 13.1. The lowest BCUT2D eigenvalue weighted by atomic mass is 9.78. The molecule has 200 valence electrons. The normalized spacial score (nSPS) is 30.2. The largest absolute Gasteiger partial charge is 0.477 e. The number of carboxylic acid groups (broad SMARTS) is 1. The monoisotopic (exact) mass is 532 g/mol. The van der Waals surface area contributed by atoms with Gasteiger partial charge in [0.05, 0.1) is 18.0 Å². The molecule has 3 amide bonds. The maximum absolute atomic E-state index is 13.1. The quantitative estimate of drug-likeness (QED) is 0.289. The number of hydrogen-bond acceptors (Lipinski definition) is 9. The zero-order valence-corrected chi connectivity index (χ0v) is 21.6. The van der Waals surface area contributed by atoms with Crippen molar-refractivity contribution < 1.29 is 24.3 Å². The van der Waals surface area contributed by atoms with Crippen LogP contribution in [-0.2, 0) is 25.7 Å². The Hall–Kier alpha value is -2.97. The number of rotatable bonds is 8. The zero-order chi connectivity index (χ0) is 26.3. The molecule has 5 heterocycles. The number of carbonyl (C=O) groups excluding carboxylic acids is 3. The van der Waals surface area contributed by atoms with E-state index in [-0.39, 0.29) is 53.2 Å². The van der Waals surface area contributed by atoms with Crippen LogP contribution >= 0.6 is 11.8 Å². The minimum absolute atomic E-state index is 0.0164. The number of nitrogens with zero attached hydrogens (tertiary/aromatic N) is 5. The van der Waals surface area contributed by atoms with E-state index in [1.165, 1.54) is 34.0 Å². The van der Waals surface area contributed by atoms with Gasteiger partial charge in [0.15, 0.2) is 0 Å². The zero-order valence-electron chi connectivity index (χ0n) is 20.8. The molecule has 0 aliphatic carbocycles. The second-order valence-electron chi connectivity index (χ2n) is 9.99. The highest BCUT2D eigenvalue weighted by Crippen LogP contribution is 2.51. The fraction of sp³-hybridized carbons (Fsp3) is 0.652. The molecule has 3 saturated heterocycles. The van der Waals surface area contributed by atoms with Gasteiger partial charge in [0.25, 0.3) is 0 Å². The predicted octanol–water partition coefficient (Wildman–Crippen LogP) is -1.55. The van der Waals surface area contributed by atoms with E-state index in [0.29, 0.717) is 31.0 Å². The van der Waals surface area contributed by atoms with Gasteiger partial charge in [0.1, 0.15) is 24.9 Å². The Balaban J connectivity index is 1.23. The minimum Gasteiger partial charge on any atom is -0.477 e. The number of carboxylic acids is 1. The first-order valence-corrected chi connectivity index (χ1v) is 13.5. The van der Waals surface area contributed by atoms with Gasteiger partial charge in [-0.25, -0.2) is 14.5 Å². The summed E-state index contributed by atoms with van der Waals surface area (Å²) in [6, 6.07) is -1.09. The fourth-order valence-corrected chi connectivity index (χ4v) is 7.29. The molecule has 6 atom stereocenters. The van der Waals surface area contributed by atoms with Gasteiger partial charge < -0.3 is 30.9 Å². The van der Waals surface area contributed by atoms with Gasteiger partial charge in [-0.2, -0.15) is 5.10 Å². The van der Waals surface area contributed by atoms with Gasteiger partial charge >= 0.3 is 5.97 Å². The first-order chi connectivity index (χ1) is 17.8. The lowest BCUT2D eigenvalue weighted by Crippen LogP contribution is -2.66. The molecule has 4 aliphatic heterocycles. The van der Waals surface area contributed by atoms with Crippen molar-refractivity contribution in [1.82, 2.24) is 40.5 Å². The van der Waals surface area contributed by atoms with E-state index >= 15 is 0 Å². The van der Waals surface area contributed by atoms with E-state index in [4.69, 9.17) is 0 Å². The number of amides is 3. The number of fused-ring (bicyclic) bond motifs is 1. The van der Waals surface area contributed by atoms with Crippen LogP contribution < -0.4 is 16.0 Å². The van der Waals surface area contributed by atoms with Crippen LogP contribution in [0.15, 0.2) is 23.3 Å². The molecule has 0 saturated carbocycles. The molecule has 5 rings (SSSR count). The number of hydrogen-bond donors (Lipinski definition) is 4. The minimum atomic E-state index is -1.13. The number of thioether (sulfide) groups is 1. The molecule has 37 heavy (non-hydrogen) atoms. The summed E-state index contributed by atoms with van der Waals surface area (Å²) in [7, 11) is 0. The van der Waals surface area contributed by atoms with Gasteiger partial charge in [0.2, 0.25) is 17.7 Å². The molecule has 4 aliphatic rings. The Kier molecular flexibility index (Phi) is 7.23. The highest BCUT2D eigenvalue weighted by molar-refractivity contribution is 8.03. The second kappa shape index (κ2) is 10.4. The van der Waals surface area contributed by atoms with E-state index in [0.717, 1.165) is 13.1 Å². The Morgan fingerprint density at radius 3 is 2.73 bits per heavy atom. The third-order valence-electron chi connectivity index (χ3n) is 7.60. The van der Waals surface area contributed by atoms with E-state index in [2.05, 4.69) is 26.0 Å². The molecule has 0 unspecified atom stereocenters. The molecule has 0 aromatic carbocycles. The average Bonchev–Trinajstić information content (AvgIpc) is 3.60. The summed E-state index contributed by atoms with van der Waals surface area (Å²) >= 11 is 1.46. The molecule has 13 nitrogen and oxygen atoms in total. The number of aromatic nitrogens is 3. The van der Waals surface area contributed by atoms with Crippen molar-refractivity contribution in [2.45, 2.75) is 50.2 Å². The number of nitrogens with one attached hydrogen (secondary N) is 3.